The maximum atomic E-state index is 13.3. The SMILES string of the molecule is CCOc1ccc(N(C)S(=O)(=O)c2ccc(C)c(C(=O)OCC(=O)c3ccc4cc(OC)ccc4c3)c2)cc1. The van der Waals surface area contributed by atoms with Gasteiger partial charge in [0.1, 0.15) is 11.5 Å². The molecule has 0 aliphatic rings. The highest BCUT2D eigenvalue weighted by Crippen LogP contribution is 2.26. The minimum atomic E-state index is -3.98. The van der Waals surface area contributed by atoms with E-state index >= 15 is 0 Å². The normalized spacial score (nSPS) is 11.2. The molecule has 0 amide bonds. The lowest BCUT2D eigenvalue weighted by Gasteiger charge is -2.20. The van der Waals surface area contributed by atoms with Crippen molar-refractivity contribution in [3.05, 3.63) is 95.6 Å². The van der Waals surface area contributed by atoms with Crippen LogP contribution in [0.5, 0.6) is 11.5 Å². The van der Waals surface area contributed by atoms with Crippen LogP contribution >= 0.6 is 0 Å². The molecule has 4 rings (SSSR count). The molecule has 0 saturated carbocycles. The molecule has 0 aliphatic carbocycles. The molecule has 0 aromatic heterocycles. The number of nitrogens with zero attached hydrogens (tertiary/aromatic N) is 1. The number of sulfonamides is 1. The van der Waals surface area contributed by atoms with Crippen LogP contribution in [0.25, 0.3) is 10.8 Å². The fraction of sp³-hybridized carbons (Fsp3) is 0.200. The van der Waals surface area contributed by atoms with E-state index in [-0.39, 0.29) is 16.2 Å². The number of fused-ring (bicyclic) bond motifs is 1. The highest BCUT2D eigenvalue weighted by molar-refractivity contribution is 7.92. The van der Waals surface area contributed by atoms with Gasteiger partial charge in [-0.1, -0.05) is 24.3 Å². The summed E-state index contributed by atoms with van der Waals surface area (Å²) >= 11 is 0. The van der Waals surface area contributed by atoms with Crippen LogP contribution in [-0.2, 0) is 14.8 Å². The van der Waals surface area contributed by atoms with Crippen molar-refractivity contribution in [1.82, 2.24) is 0 Å². The molecule has 0 atom stereocenters. The van der Waals surface area contributed by atoms with Gasteiger partial charge >= 0.3 is 5.97 Å². The summed E-state index contributed by atoms with van der Waals surface area (Å²) in [5, 5.41) is 1.75. The van der Waals surface area contributed by atoms with Crippen LogP contribution in [0.4, 0.5) is 5.69 Å². The minimum absolute atomic E-state index is 0.0644. The molecule has 4 aromatic carbocycles. The number of aryl methyl sites for hydroxylation is 1. The zero-order valence-electron chi connectivity index (χ0n) is 22.1. The van der Waals surface area contributed by atoms with E-state index in [0.717, 1.165) is 15.1 Å². The van der Waals surface area contributed by atoms with Gasteiger partial charge in [-0.3, -0.25) is 9.10 Å². The van der Waals surface area contributed by atoms with Crippen LogP contribution < -0.4 is 13.8 Å². The van der Waals surface area contributed by atoms with Gasteiger partial charge in [0.05, 0.1) is 29.9 Å². The largest absolute Gasteiger partial charge is 0.497 e. The number of benzene rings is 4. The number of methoxy groups -OCH3 is 1. The molecule has 0 aliphatic heterocycles. The van der Waals surface area contributed by atoms with Crippen molar-refractivity contribution >= 4 is 38.2 Å². The summed E-state index contributed by atoms with van der Waals surface area (Å²) in [4.78, 5) is 25.6. The lowest BCUT2D eigenvalue weighted by molar-refractivity contribution is 0.0474. The predicted octanol–water partition coefficient (Wildman–Crippen LogP) is 5.42. The van der Waals surface area contributed by atoms with E-state index < -0.39 is 22.6 Å². The Labute approximate surface area is 227 Å². The fourth-order valence-corrected chi connectivity index (χ4v) is 5.24. The highest BCUT2D eigenvalue weighted by Gasteiger charge is 2.24. The quantitative estimate of drug-likeness (QED) is 0.193. The van der Waals surface area contributed by atoms with Gasteiger partial charge in [-0.25, -0.2) is 13.2 Å². The lowest BCUT2D eigenvalue weighted by atomic mass is 10.0. The van der Waals surface area contributed by atoms with E-state index in [0.29, 0.717) is 34.9 Å². The Bertz CT molecular complexity index is 1630. The number of ether oxygens (including phenoxy) is 3. The zero-order valence-corrected chi connectivity index (χ0v) is 22.9. The Kier molecular flexibility index (Phi) is 8.21. The summed E-state index contributed by atoms with van der Waals surface area (Å²) < 4.78 is 43.7. The standard InChI is InChI=1S/C30H29NO7S/c1-5-37-25-13-10-24(11-14-25)31(3)39(34,35)27-15-6-20(2)28(18-27)30(33)38-19-29(32)23-8-7-22-17-26(36-4)12-9-21(22)16-23/h6-18H,5,19H2,1-4H3. The first-order valence-corrected chi connectivity index (χ1v) is 13.7. The van der Waals surface area contributed by atoms with E-state index in [9.17, 15) is 18.0 Å². The summed E-state index contributed by atoms with van der Waals surface area (Å²) in [6.07, 6.45) is 0. The number of Topliss-reactive ketones (excluding diaryl/α,β-unsaturated/α-hetero) is 1. The number of carbonyl (C=O) groups excluding carboxylic acids is 2. The smallest absolute Gasteiger partial charge is 0.338 e. The number of anilines is 1. The van der Waals surface area contributed by atoms with Gasteiger partial charge in [0.25, 0.3) is 10.0 Å². The van der Waals surface area contributed by atoms with E-state index in [4.69, 9.17) is 14.2 Å². The molecule has 0 fully saturated rings. The third kappa shape index (κ3) is 6.04. The first kappa shape index (κ1) is 27.7. The molecule has 202 valence electrons. The molecule has 0 bridgehead atoms. The average Bonchev–Trinajstić information content (AvgIpc) is 2.95. The first-order valence-electron chi connectivity index (χ1n) is 12.2. The van der Waals surface area contributed by atoms with Gasteiger partial charge in [-0.15, -0.1) is 0 Å². The Hall–Kier alpha value is -4.37. The van der Waals surface area contributed by atoms with E-state index in [1.807, 2.05) is 19.1 Å². The third-order valence-electron chi connectivity index (χ3n) is 6.30. The van der Waals surface area contributed by atoms with Crippen LogP contribution in [-0.4, -0.2) is 47.5 Å². The van der Waals surface area contributed by atoms with Crippen molar-refractivity contribution in [3.63, 3.8) is 0 Å². The predicted molar refractivity (Wildman–Crippen MR) is 149 cm³/mol. The summed E-state index contributed by atoms with van der Waals surface area (Å²) in [5.41, 5.74) is 1.41. The number of carbonyl (C=O) groups is 2. The second-order valence-corrected chi connectivity index (χ2v) is 10.8. The molecule has 0 unspecified atom stereocenters. The molecule has 0 spiro atoms. The Morgan fingerprint density at radius 3 is 2.21 bits per heavy atom. The minimum Gasteiger partial charge on any atom is -0.497 e. The van der Waals surface area contributed by atoms with Gasteiger partial charge in [0, 0.05) is 12.6 Å². The molecular weight excluding hydrogens is 518 g/mol. The molecule has 4 aromatic rings. The van der Waals surface area contributed by atoms with Crippen molar-refractivity contribution in [2.45, 2.75) is 18.7 Å². The van der Waals surface area contributed by atoms with Crippen molar-refractivity contribution in [2.75, 3.05) is 31.7 Å². The molecule has 0 heterocycles. The van der Waals surface area contributed by atoms with Gasteiger partial charge < -0.3 is 14.2 Å². The van der Waals surface area contributed by atoms with Crippen LogP contribution in [0.3, 0.4) is 0 Å². The summed E-state index contributed by atoms with van der Waals surface area (Å²) in [7, 11) is -0.966. The number of rotatable bonds is 10. The molecule has 9 heteroatoms. The Balaban J connectivity index is 1.49. The highest BCUT2D eigenvalue weighted by atomic mass is 32.2. The molecule has 0 saturated heterocycles. The lowest BCUT2D eigenvalue weighted by Crippen LogP contribution is -2.27. The number of esters is 1. The van der Waals surface area contributed by atoms with Crippen LogP contribution in [0.1, 0.15) is 33.2 Å². The molecule has 0 radical (unpaired) electrons. The van der Waals surface area contributed by atoms with Crippen LogP contribution in [0.15, 0.2) is 83.8 Å². The Morgan fingerprint density at radius 2 is 1.51 bits per heavy atom. The van der Waals surface area contributed by atoms with Gasteiger partial charge in [0.2, 0.25) is 0 Å². The van der Waals surface area contributed by atoms with E-state index in [1.54, 1.807) is 62.6 Å². The second-order valence-electron chi connectivity index (χ2n) is 8.80. The summed E-state index contributed by atoms with van der Waals surface area (Å²) in [5.74, 6) is 0.177. The van der Waals surface area contributed by atoms with Crippen molar-refractivity contribution in [3.8, 4) is 11.5 Å². The topological polar surface area (TPSA) is 99.2 Å². The number of hydrogen-bond acceptors (Lipinski definition) is 7. The van der Waals surface area contributed by atoms with E-state index in [1.165, 1.54) is 25.2 Å². The molecular formula is C30H29NO7S. The number of hydrogen-bond donors (Lipinski definition) is 0. The van der Waals surface area contributed by atoms with Crippen molar-refractivity contribution < 1.29 is 32.2 Å². The molecule has 8 nitrogen and oxygen atoms in total. The first-order chi connectivity index (χ1) is 18.6. The van der Waals surface area contributed by atoms with Crippen molar-refractivity contribution in [2.24, 2.45) is 0 Å². The maximum Gasteiger partial charge on any atom is 0.338 e. The van der Waals surface area contributed by atoms with E-state index in [2.05, 4.69) is 0 Å². The van der Waals surface area contributed by atoms with Crippen LogP contribution in [0, 0.1) is 6.92 Å². The molecule has 0 N–H and O–H groups in total. The zero-order chi connectivity index (χ0) is 28.2. The summed E-state index contributed by atoms with van der Waals surface area (Å²) in [6, 6.07) is 21.6. The molecule has 39 heavy (non-hydrogen) atoms. The average molecular weight is 548 g/mol. The van der Waals surface area contributed by atoms with Crippen molar-refractivity contribution in [1.29, 1.82) is 0 Å². The summed E-state index contributed by atoms with van der Waals surface area (Å²) in [6.45, 7) is 3.55. The fourth-order valence-electron chi connectivity index (χ4n) is 4.01. The Morgan fingerprint density at radius 1 is 0.846 bits per heavy atom. The third-order valence-corrected chi connectivity index (χ3v) is 8.08. The van der Waals surface area contributed by atoms with Gasteiger partial charge in [0.15, 0.2) is 12.4 Å². The van der Waals surface area contributed by atoms with Crippen LogP contribution in [0.2, 0.25) is 0 Å². The monoisotopic (exact) mass is 547 g/mol. The maximum absolute atomic E-state index is 13.3. The number of ketones is 1. The van der Waals surface area contributed by atoms with Gasteiger partial charge in [-0.05, 0) is 84.8 Å². The van der Waals surface area contributed by atoms with Gasteiger partial charge in [-0.2, -0.15) is 0 Å². The second kappa shape index (κ2) is 11.6.